The number of nitrogens with zero attached hydrogens (tertiary/aromatic N) is 2. The quantitative estimate of drug-likeness (QED) is 0.887. The third-order valence-electron chi connectivity index (χ3n) is 3.18. The first-order chi connectivity index (χ1) is 10.0. The van der Waals surface area contributed by atoms with E-state index in [0.717, 1.165) is 5.56 Å². The molecule has 0 spiro atoms. The maximum Gasteiger partial charge on any atom is 0.323 e. The van der Waals surface area contributed by atoms with E-state index < -0.39 is 5.97 Å². The van der Waals surface area contributed by atoms with E-state index in [0.29, 0.717) is 11.4 Å². The van der Waals surface area contributed by atoms with Crippen LogP contribution in [0.5, 0.6) is 0 Å². The fourth-order valence-electron chi connectivity index (χ4n) is 1.83. The van der Waals surface area contributed by atoms with Crippen molar-refractivity contribution in [2.75, 3.05) is 6.54 Å². The van der Waals surface area contributed by atoms with Crippen molar-refractivity contribution in [3.05, 3.63) is 29.7 Å². The Hall–Kier alpha value is -2.15. The molecule has 0 aliphatic heterocycles. The van der Waals surface area contributed by atoms with Crippen molar-refractivity contribution in [1.82, 2.24) is 9.88 Å². The molecule has 0 saturated carbocycles. The number of carbonyl (C=O) groups is 2. The van der Waals surface area contributed by atoms with Crippen LogP contribution in [0.2, 0.25) is 0 Å². The van der Waals surface area contributed by atoms with Crippen LogP contribution in [0.15, 0.2) is 28.4 Å². The third-order valence-corrected chi connectivity index (χ3v) is 4.07. The average Bonchev–Trinajstić information content (AvgIpc) is 3.12. The van der Waals surface area contributed by atoms with Gasteiger partial charge in [0.15, 0.2) is 0 Å². The summed E-state index contributed by atoms with van der Waals surface area (Å²) in [5, 5.41) is 11.3. The molecule has 0 aromatic carbocycles. The number of rotatable bonds is 6. The van der Waals surface area contributed by atoms with Gasteiger partial charge in [-0.25, -0.2) is 4.98 Å². The number of carboxylic acid groups (broad SMARTS) is 1. The summed E-state index contributed by atoms with van der Waals surface area (Å²) in [7, 11) is 0. The number of furan rings is 1. The molecule has 2 rings (SSSR count). The molecule has 0 aliphatic rings. The highest BCUT2D eigenvalue weighted by Gasteiger charge is 2.25. The average molecular weight is 308 g/mol. The Morgan fingerprint density at radius 3 is 2.86 bits per heavy atom. The smallest absolute Gasteiger partial charge is 0.323 e. The summed E-state index contributed by atoms with van der Waals surface area (Å²) in [6, 6.07) is 1.60. The molecule has 0 fully saturated rings. The Balaban J connectivity index is 2.22. The van der Waals surface area contributed by atoms with Crippen LogP contribution in [-0.2, 0) is 4.79 Å². The molecule has 1 N–H and O–H groups in total. The minimum absolute atomic E-state index is 0.160. The molecule has 0 saturated heterocycles. The lowest BCUT2D eigenvalue weighted by Crippen LogP contribution is -2.42. The van der Waals surface area contributed by atoms with Gasteiger partial charge in [0.05, 0.1) is 6.26 Å². The summed E-state index contributed by atoms with van der Waals surface area (Å²) < 4.78 is 4.99. The highest BCUT2D eigenvalue weighted by molar-refractivity contribution is 7.13. The van der Waals surface area contributed by atoms with Gasteiger partial charge in [-0.05, 0) is 19.4 Å². The number of aliphatic carboxylic acids is 1. The van der Waals surface area contributed by atoms with Crippen molar-refractivity contribution in [1.29, 1.82) is 0 Å². The van der Waals surface area contributed by atoms with Crippen LogP contribution in [0, 0.1) is 0 Å². The lowest BCUT2D eigenvalue weighted by molar-refractivity contribution is -0.138. The van der Waals surface area contributed by atoms with E-state index in [4.69, 9.17) is 9.52 Å². The molecule has 0 aliphatic carbocycles. The molecule has 1 amide bonds. The molecule has 21 heavy (non-hydrogen) atoms. The van der Waals surface area contributed by atoms with Crippen molar-refractivity contribution < 1.29 is 19.1 Å². The second kappa shape index (κ2) is 6.53. The molecule has 1 atom stereocenters. The standard InChI is InChI=1S/C14H16N2O4S/c1-3-9(2)16(6-12(17)18)14(19)11-8-21-13(15-11)10-4-5-20-7-10/h4-5,7-9H,3,6H2,1-2H3,(H,17,18). The van der Waals surface area contributed by atoms with Gasteiger partial charge in [0, 0.05) is 17.0 Å². The van der Waals surface area contributed by atoms with E-state index >= 15 is 0 Å². The first-order valence-corrected chi connectivity index (χ1v) is 7.41. The molecule has 0 radical (unpaired) electrons. The molecule has 7 heteroatoms. The van der Waals surface area contributed by atoms with Crippen molar-refractivity contribution in [2.24, 2.45) is 0 Å². The minimum Gasteiger partial charge on any atom is -0.480 e. The molecule has 6 nitrogen and oxygen atoms in total. The monoisotopic (exact) mass is 308 g/mol. The Morgan fingerprint density at radius 1 is 1.52 bits per heavy atom. The lowest BCUT2D eigenvalue weighted by Gasteiger charge is -2.26. The number of thiazole rings is 1. The van der Waals surface area contributed by atoms with Crippen LogP contribution in [0.4, 0.5) is 0 Å². The van der Waals surface area contributed by atoms with E-state index in [1.54, 1.807) is 17.7 Å². The van der Waals surface area contributed by atoms with Gasteiger partial charge < -0.3 is 14.4 Å². The topological polar surface area (TPSA) is 83.6 Å². The summed E-state index contributed by atoms with van der Waals surface area (Å²) in [6.07, 6.45) is 3.77. The van der Waals surface area contributed by atoms with Gasteiger partial charge in [-0.15, -0.1) is 11.3 Å². The van der Waals surface area contributed by atoms with Crippen LogP contribution in [0.1, 0.15) is 30.8 Å². The third kappa shape index (κ3) is 3.49. The summed E-state index contributed by atoms with van der Waals surface area (Å²) >= 11 is 1.33. The van der Waals surface area contributed by atoms with E-state index in [2.05, 4.69) is 4.98 Å². The summed E-state index contributed by atoms with van der Waals surface area (Å²) in [4.78, 5) is 29.0. The zero-order valence-corrected chi connectivity index (χ0v) is 12.6. The second-order valence-corrected chi connectivity index (χ2v) is 5.49. The van der Waals surface area contributed by atoms with Crippen LogP contribution >= 0.6 is 11.3 Å². The second-order valence-electron chi connectivity index (χ2n) is 4.63. The van der Waals surface area contributed by atoms with Crippen LogP contribution < -0.4 is 0 Å². The summed E-state index contributed by atoms with van der Waals surface area (Å²) in [5.41, 5.74) is 1.06. The van der Waals surface area contributed by atoms with Crippen LogP contribution in [0.3, 0.4) is 0 Å². The molecular formula is C14H16N2O4S. The number of hydrogen-bond acceptors (Lipinski definition) is 5. The van der Waals surface area contributed by atoms with Gasteiger partial charge in [-0.2, -0.15) is 0 Å². The van der Waals surface area contributed by atoms with Gasteiger partial charge in [0.2, 0.25) is 0 Å². The minimum atomic E-state index is -1.03. The Bertz CT molecular complexity index is 621. The SMILES string of the molecule is CCC(C)N(CC(=O)O)C(=O)c1csc(-c2ccoc2)n1. The van der Waals surface area contributed by atoms with Gasteiger partial charge in [0.25, 0.3) is 5.91 Å². The zero-order chi connectivity index (χ0) is 15.4. The normalized spacial score (nSPS) is 12.1. The summed E-state index contributed by atoms with van der Waals surface area (Å²) in [5.74, 6) is -1.40. The van der Waals surface area contributed by atoms with Gasteiger partial charge in [-0.3, -0.25) is 9.59 Å². The van der Waals surface area contributed by atoms with Crippen LogP contribution in [-0.4, -0.2) is 39.5 Å². The summed E-state index contributed by atoms with van der Waals surface area (Å²) in [6.45, 7) is 3.40. The van der Waals surface area contributed by atoms with Crippen molar-refractivity contribution >= 4 is 23.2 Å². The molecule has 0 bridgehead atoms. The highest BCUT2D eigenvalue weighted by atomic mass is 32.1. The highest BCUT2D eigenvalue weighted by Crippen LogP contribution is 2.24. The number of carboxylic acids is 1. The maximum atomic E-state index is 12.4. The van der Waals surface area contributed by atoms with Crippen molar-refractivity contribution in [3.63, 3.8) is 0 Å². The predicted molar refractivity (Wildman–Crippen MR) is 78.2 cm³/mol. The maximum absolute atomic E-state index is 12.4. The molecule has 112 valence electrons. The number of hydrogen-bond donors (Lipinski definition) is 1. The molecule has 2 heterocycles. The zero-order valence-electron chi connectivity index (χ0n) is 11.8. The number of aromatic nitrogens is 1. The first-order valence-electron chi connectivity index (χ1n) is 6.53. The van der Waals surface area contributed by atoms with E-state index in [1.165, 1.54) is 22.5 Å². The molecule has 2 aromatic heterocycles. The number of amides is 1. The van der Waals surface area contributed by atoms with E-state index in [-0.39, 0.29) is 24.2 Å². The first kappa shape index (κ1) is 15.2. The largest absolute Gasteiger partial charge is 0.480 e. The van der Waals surface area contributed by atoms with E-state index in [9.17, 15) is 9.59 Å². The fourth-order valence-corrected chi connectivity index (χ4v) is 2.61. The molecule has 2 aromatic rings. The molecular weight excluding hydrogens is 292 g/mol. The van der Waals surface area contributed by atoms with Gasteiger partial charge in [-0.1, -0.05) is 6.92 Å². The van der Waals surface area contributed by atoms with Crippen LogP contribution in [0.25, 0.3) is 10.6 Å². The predicted octanol–water partition coefficient (Wildman–Crippen LogP) is 2.73. The fraction of sp³-hybridized carbons (Fsp3) is 0.357. The Kier molecular flexibility index (Phi) is 4.74. The number of carbonyl (C=O) groups excluding carboxylic acids is 1. The Labute approximate surface area is 126 Å². The van der Waals surface area contributed by atoms with E-state index in [1.807, 2.05) is 13.8 Å². The van der Waals surface area contributed by atoms with Crippen molar-refractivity contribution in [2.45, 2.75) is 26.3 Å². The molecule has 1 unspecified atom stereocenters. The Morgan fingerprint density at radius 2 is 2.29 bits per heavy atom. The van der Waals surface area contributed by atoms with Gasteiger partial charge >= 0.3 is 5.97 Å². The van der Waals surface area contributed by atoms with Crippen molar-refractivity contribution in [3.8, 4) is 10.6 Å². The van der Waals surface area contributed by atoms with Gasteiger partial charge in [0.1, 0.15) is 23.5 Å². The lowest BCUT2D eigenvalue weighted by atomic mass is 10.2.